The molecule has 26 heavy (non-hydrogen) atoms. The van der Waals surface area contributed by atoms with Crippen LogP contribution >= 0.6 is 0 Å². The predicted octanol–water partition coefficient (Wildman–Crippen LogP) is 2.16. The normalized spacial score (nSPS) is 22.6. The average Bonchev–Trinajstić information content (AvgIpc) is 3.05. The van der Waals surface area contributed by atoms with Gasteiger partial charge in [-0.05, 0) is 44.2 Å². The summed E-state index contributed by atoms with van der Waals surface area (Å²) in [5, 5.41) is 2.94. The molecule has 1 atom stereocenters. The molecule has 0 aliphatic carbocycles. The molecule has 2 aliphatic heterocycles. The second-order valence-corrected chi connectivity index (χ2v) is 6.94. The number of hydrogen-bond donors (Lipinski definition) is 1. The summed E-state index contributed by atoms with van der Waals surface area (Å²) in [7, 11) is 1.31. The van der Waals surface area contributed by atoms with Crippen LogP contribution in [0.4, 0.5) is 10.5 Å². The molecule has 7 heteroatoms. The molecule has 3 rings (SSSR count). The van der Waals surface area contributed by atoms with Crippen LogP contribution in [0.1, 0.15) is 31.2 Å². The van der Waals surface area contributed by atoms with Crippen LogP contribution in [0.15, 0.2) is 24.3 Å². The number of carbonyl (C=O) groups excluding carboxylic acids is 3. The number of para-hydroxylation sites is 1. The van der Waals surface area contributed by atoms with Crippen molar-refractivity contribution in [2.75, 3.05) is 32.1 Å². The molecule has 2 aliphatic rings. The molecule has 0 radical (unpaired) electrons. The fourth-order valence-electron chi connectivity index (χ4n) is 3.99. The van der Waals surface area contributed by atoms with Gasteiger partial charge in [0.1, 0.15) is 12.1 Å². The lowest BCUT2D eigenvalue weighted by atomic mass is 9.85. The van der Waals surface area contributed by atoms with Crippen LogP contribution in [0.5, 0.6) is 0 Å². The van der Waals surface area contributed by atoms with E-state index in [2.05, 4.69) is 5.32 Å². The first kappa shape index (κ1) is 18.2. The number of amides is 3. The molecule has 1 aromatic carbocycles. The van der Waals surface area contributed by atoms with E-state index >= 15 is 0 Å². The zero-order valence-electron chi connectivity index (χ0n) is 15.3. The van der Waals surface area contributed by atoms with Crippen LogP contribution in [0.3, 0.4) is 0 Å². The zero-order chi connectivity index (χ0) is 18.7. The second-order valence-electron chi connectivity index (χ2n) is 6.94. The van der Waals surface area contributed by atoms with Crippen LogP contribution in [0.25, 0.3) is 0 Å². The molecule has 140 valence electrons. The van der Waals surface area contributed by atoms with Gasteiger partial charge in [-0.1, -0.05) is 18.2 Å². The molecule has 1 aromatic rings. The molecule has 1 N–H and O–H groups in total. The minimum absolute atomic E-state index is 0.0651. The van der Waals surface area contributed by atoms with Gasteiger partial charge in [-0.25, -0.2) is 4.79 Å². The number of carbonyl (C=O) groups is 3. The highest BCUT2D eigenvalue weighted by atomic mass is 16.5. The Balaban J connectivity index is 1.79. The highest BCUT2D eigenvalue weighted by molar-refractivity contribution is 5.98. The lowest BCUT2D eigenvalue weighted by molar-refractivity contribution is -0.153. The van der Waals surface area contributed by atoms with Crippen molar-refractivity contribution in [1.29, 1.82) is 0 Å². The molecule has 0 bridgehead atoms. The molecule has 3 amide bonds. The third-order valence-electron chi connectivity index (χ3n) is 5.37. The SMILES string of the molecule is COC(=O)CN1CCCC2(CCCN2C(=O)Nc2ccccc2C)C1=O. The third-order valence-corrected chi connectivity index (χ3v) is 5.37. The minimum Gasteiger partial charge on any atom is -0.468 e. The van der Waals surface area contributed by atoms with Crippen LogP contribution in [0, 0.1) is 6.92 Å². The molecule has 7 nitrogen and oxygen atoms in total. The number of aryl methyl sites for hydroxylation is 1. The quantitative estimate of drug-likeness (QED) is 0.839. The van der Waals surface area contributed by atoms with Gasteiger partial charge in [0.2, 0.25) is 5.91 Å². The van der Waals surface area contributed by atoms with Gasteiger partial charge in [-0.15, -0.1) is 0 Å². The number of piperidine rings is 1. The Morgan fingerprint density at radius 2 is 1.88 bits per heavy atom. The van der Waals surface area contributed by atoms with Gasteiger partial charge in [0, 0.05) is 18.8 Å². The summed E-state index contributed by atoms with van der Waals surface area (Å²) in [5.41, 5.74) is 0.865. The number of methoxy groups -OCH3 is 1. The largest absolute Gasteiger partial charge is 0.468 e. The molecule has 2 saturated heterocycles. The average molecular weight is 359 g/mol. The highest BCUT2D eigenvalue weighted by Crippen LogP contribution is 2.38. The molecular weight excluding hydrogens is 334 g/mol. The monoisotopic (exact) mass is 359 g/mol. The number of rotatable bonds is 3. The van der Waals surface area contributed by atoms with E-state index in [1.165, 1.54) is 12.0 Å². The number of anilines is 1. The van der Waals surface area contributed by atoms with E-state index in [0.29, 0.717) is 25.9 Å². The van der Waals surface area contributed by atoms with Crippen molar-refractivity contribution in [3.63, 3.8) is 0 Å². The van der Waals surface area contributed by atoms with E-state index in [4.69, 9.17) is 4.74 Å². The molecule has 1 unspecified atom stereocenters. The van der Waals surface area contributed by atoms with E-state index in [-0.39, 0.29) is 18.5 Å². The molecule has 0 saturated carbocycles. The Morgan fingerprint density at radius 1 is 1.19 bits per heavy atom. The van der Waals surface area contributed by atoms with Gasteiger partial charge >= 0.3 is 12.0 Å². The molecule has 1 spiro atoms. The minimum atomic E-state index is -0.848. The lowest BCUT2D eigenvalue weighted by Crippen LogP contribution is -2.62. The summed E-state index contributed by atoms with van der Waals surface area (Å²) in [6.45, 7) is 2.92. The fourth-order valence-corrected chi connectivity index (χ4v) is 3.99. The number of esters is 1. The first-order chi connectivity index (χ1) is 12.5. The number of likely N-dealkylation sites (tertiary alicyclic amines) is 2. The van der Waals surface area contributed by atoms with E-state index in [1.54, 1.807) is 4.90 Å². The maximum atomic E-state index is 13.1. The first-order valence-corrected chi connectivity index (χ1v) is 8.98. The predicted molar refractivity (Wildman–Crippen MR) is 96.7 cm³/mol. The Hall–Kier alpha value is -2.57. The maximum Gasteiger partial charge on any atom is 0.325 e. The van der Waals surface area contributed by atoms with E-state index in [9.17, 15) is 14.4 Å². The van der Waals surface area contributed by atoms with Crippen LogP contribution in [0.2, 0.25) is 0 Å². The van der Waals surface area contributed by atoms with Gasteiger partial charge in [0.25, 0.3) is 0 Å². The van der Waals surface area contributed by atoms with Crippen molar-refractivity contribution in [3.05, 3.63) is 29.8 Å². The molecule has 2 heterocycles. The first-order valence-electron chi connectivity index (χ1n) is 8.98. The number of hydrogen-bond acceptors (Lipinski definition) is 4. The summed E-state index contributed by atoms with van der Waals surface area (Å²) in [4.78, 5) is 40.8. The number of ether oxygens (including phenoxy) is 1. The van der Waals surface area contributed by atoms with Crippen molar-refractivity contribution in [2.45, 2.75) is 38.1 Å². The van der Waals surface area contributed by atoms with Crippen LogP contribution in [-0.4, -0.2) is 60.0 Å². The van der Waals surface area contributed by atoms with Crippen molar-refractivity contribution in [3.8, 4) is 0 Å². The van der Waals surface area contributed by atoms with Crippen molar-refractivity contribution < 1.29 is 19.1 Å². The summed E-state index contributed by atoms with van der Waals surface area (Å²) < 4.78 is 4.69. The van der Waals surface area contributed by atoms with Crippen molar-refractivity contribution >= 4 is 23.6 Å². The second kappa shape index (κ2) is 7.35. The number of urea groups is 1. The maximum absolute atomic E-state index is 13.1. The Kier molecular flexibility index (Phi) is 5.15. The number of nitrogens with one attached hydrogen (secondary N) is 1. The van der Waals surface area contributed by atoms with Crippen molar-refractivity contribution in [2.24, 2.45) is 0 Å². The smallest absolute Gasteiger partial charge is 0.325 e. The van der Waals surface area contributed by atoms with Crippen LogP contribution < -0.4 is 5.32 Å². The van der Waals surface area contributed by atoms with E-state index in [0.717, 1.165) is 24.1 Å². The van der Waals surface area contributed by atoms with Gasteiger partial charge in [0.05, 0.1) is 7.11 Å². The van der Waals surface area contributed by atoms with Gasteiger partial charge in [-0.2, -0.15) is 0 Å². The highest BCUT2D eigenvalue weighted by Gasteiger charge is 2.53. The summed E-state index contributed by atoms with van der Waals surface area (Å²) in [6.07, 6.45) is 2.80. The number of nitrogens with zero attached hydrogens (tertiary/aromatic N) is 2. The zero-order valence-corrected chi connectivity index (χ0v) is 15.3. The van der Waals surface area contributed by atoms with E-state index in [1.807, 2.05) is 31.2 Å². The summed E-state index contributed by atoms with van der Waals surface area (Å²) >= 11 is 0. The third kappa shape index (κ3) is 3.25. The Labute approximate surface area is 153 Å². The Morgan fingerprint density at radius 3 is 2.58 bits per heavy atom. The topological polar surface area (TPSA) is 79.0 Å². The molecule has 0 aromatic heterocycles. The van der Waals surface area contributed by atoms with Gasteiger partial charge in [0.15, 0.2) is 0 Å². The molecule has 2 fully saturated rings. The van der Waals surface area contributed by atoms with Gasteiger partial charge in [-0.3, -0.25) is 9.59 Å². The van der Waals surface area contributed by atoms with Gasteiger partial charge < -0.3 is 19.9 Å². The summed E-state index contributed by atoms with van der Waals surface area (Å²) in [5.74, 6) is -0.587. The Bertz CT molecular complexity index is 720. The number of benzene rings is 1. The summed E-state index contributed by atoms with van der Waals surface area (Å²) in [6, 6.07) is 7.30. The lowest BCUT2D eigenvalue weighted by Gasteiger charge is -2.44. The standard InChI is InChI=1S/C19H25N3O4/c1-14-7-3-4-8-15(14)20-18(25)22-12-6-10-19(22)9-5-11-21(17(19)24)13-16(23)26-2/h3-4,7-8H,5-6,9-13H2,1-2H3,(H,20,25). The van der Waals surface area contributed by atoms with Crippen LogP contribution in [-0.2, 0) is 14.3 Å². The van der Waals surface area contributed by atoms with Crippen molar-refractivity contribution in [1.82, 2.24) is 9.80 Å². The fraction of sp³-hybridized carbons (Fsp3) is 0.526. The van der Waals surface area contributed by atoms with E-state index < -0.39 is 11.5 Å². The molecular formula is C19H25N3O4.